The molecule has 0 atom stereocenters. The third-order valence-electron chi connectivity index (χ3n) is 6.45. The van der Waals surface area contributed by atoms with Crippen LogP contribution in [0.2, 0.25) is 0 Å². The minimum absolute atomic E-state index is 0.0945. The molecule has 0 radical (unpaired) electrons. The lowest BCUT2D eigenvalue weighted by molar-refractivity contribution is -0.131. The van der Waals surface area contributed by atoms with E-state index in [-0.39, 0.29) is 11.5 Å². The van der Waals surface area contributed by atoms with Crippen molar-refractivity contribution in [3.8, 4) is 16.9 Å². The van der Waals surface area contributed by atoms with Crippen LogP contribution in [-0.4, -0.2) is 31.5 Å². The Morgan fingerprint density at radius 2 is 1.97 bits per heavy atom. The average Bonchev–Trinajstić information content (AvgIpc) is 3.10. The van der Waals surface area contributed by atoms with E-state index in [0.717, 1.165) is 46.4 Å². The zero-order valence-electron chi connectivity index (χ0n) is 18.6. The van der Waals surface area contributed by atoms with Gasteiger partial charge < -0.3 is 9.47 Å². The van der Waals surface area contributed by atoms with Gasteiger partial charge in [0.05, 0.1) is 16.9 Å². The van der Waals surface area contributed by atoms with Crippen molar-refractivity contribution >= 4 is 16.8 Å². The second kappa shape index (κ2) is 7.79. The number of carbonyl (C=O) groups is 1. The number of hydrogen-bond donors (Lipinski definition) is 0. The number of fused-ring (bicyclic) bond motifs is 3. The molecule has 1 aliphatic rings. The van der Waals surface area contributed by atoms with E-state index >= 15 is 0 Å². The molecule has 0 saturated carbocycles. The van der Waals surface area contributed by atoms with Gasteiger partial charge in [0.15, 0.2) is 0 Å². The highest BCUT2D eigenvalue weighted by molar-refractivity contribution is 5.88. The SMILES string of the molecule is CCC(=O)N1CCc2c(c3ccc(-n4ccc(-c5ccc(C)cn5)cc4=O)cc3n2C)C1. The fourth-order valence-electron chi connectivity index (χ4n) is 4.64. The number of nitrogens with zero attached hydrogens (tertiary/aromatic N) is 4. The molecular formula is C26H26N4O2. The van der Waals surface area contributed by atoms with Crippen molar-refractivity contribution in [3.05, 3.63) is 82.0 Å². The topological polar surface area (TPSA) is 60.1 Å². The van der Waals surface area contributed by atoms with Crippen LogP contribution >= 0.6 is 0 Å². The summed E-state index contributed by atoms with van der Waals surface area (Å²) in [6.07, 6.45) is 4.99. The predicted molar refractivity (Wildman–Crippen MR) is 126 cm³/mol. The van der Waals surface area contributed by atoms with Gasteiger partial charge >= 0.3 is 0 Å². The van der Waals surface area contributed by atoms with E-state index in [1.165, 1.54) is 11.3 Å². The minimum atomic E-state index is -0.0945. The third-order valence-corrected chi connectivity index (χ3v) is 6.45. The van der Waals surface area contributed by atoms with E-state index < -0.39 is 0 Å². The van der Waals surface area contributed by atoms with Gasteiger partial charge in [0.1, 0.15) is 0 Å². The Morgan fingerprint density at radius 1 is 1.12 bits per heavy atom. The molecule has 162 valence electrons. The van der Waals surface area contributed by atoms with Gasteiger partial charge in [-0.05, 0) is 36.8 Å². The summed E-state index contributed by atoms with van der Waals surface area (Å²) < 4.78 is 3.87. The van der Waals surface area contributed by atoms with Crippen LogP contribution in [0.1, 0.15) is 30.2 Å². The summed E-state index contributed by atoms with van der Waals surface area (Å²) in [7, 11) is 2.07. The molecule has 4 heterocycles. The summed E-state index contributed by atoms with van der Waals surface area (Å²) >= 11 is 0. The molecule has 0 spiro atoms. The fourth-order valence-corrected chi connectivity index (χ4v) is 4.64. The highest BCUT2D eigenvalue weighted by Gasteiger charge is 2.25. The lowest BCUT2D eigenvalue weighted by Crippen LogP contribution is -2.35. The number of aromatic nitrogens is 3. The number of pyridine rings is 2. The van der Waals surface area contributed by atoms with Crippen molar-refractivity contribution < 1.29 is 4.79 Å². The van der Waals surface area contributed by atoms with E-state index in [0.29, 0.717) is 13.0 Å². The molecule has 0 aliphatic carbocycles. The zero-order chi connectivity index (χ0) is 22.4. The standard InChI is InChI=1S/C26H26N4O2/c1-4-25(31)29-11-10-23-21(16-29)20-7-6-19(14-24(20)28(23)3)30-12-9-18(13-26(30)32)22-8-5-17(2)15-27-22/h5-9,12-15H,4,10-11,16H2,1-3H3. The van der Waals surface area contributed by atoms with Crippen LogP contribution in [0.5, 0.6) is 0 Å². The number of benzene rings is 1. The Morgan fingerprint density at radius 3 is 2.69 bits per heavy atom. The summed E-state index contributed by atoms with van der Waals surface area (Å²) in [6.45, 7) is 5.30. The maximum atomic E-state index is 12.9. The summed E-state index contributed by atoms with van der Waals surface area (Å²) in [5.41, 5.74) is 6.98. The van der Waals surface area contributed by atoms with Gasteiger partial charge in [0, 0.05) is 73.6 Å². The first kappa shape index (κ1) is 20.2. The smallest absolute Gasteiger partial charge is 0.255 e. The Kier molecular flexibility index (Phi) is 4.93. The Bertz CT molecular complexity index is 1400. The normalized spacial score (nSPS) is 13.4. The summed E-state index contributed by atoms with van der Waals surface area (Å²) in [6, 6.07) is 13.6. The van der Waals surface area contributed by atoms with Gasteiger partial charge in [0.25, 0.3) is 5.56 Å². The van der Waals surface area contributed by atoms with Gasteiger partial charge in [-0.2, -0.15) is 0 Å². The molecule has 3 aromatic heterocycles. The fraction of sp³-hybridized carbons (Fsp3) is 0.269. The number of rotatable bonds is 3. The van der Waals surface area contributed by atoms with E-state index in [1.54, 1.807) is 16.8 Å². The number of hydrogen-bond acceptors (Lipinski definition) is 3. The van der Waals surface area contributed by atoms with Crippen molar-refractivity contribution in [1.29, 1.82) is 0 Å². The second-order valence-electron chi connectivity index (χ2n) is 8.45. The molecule has 0 bridgehead atoms. The molecule has 4 aromatic rings. The molecule has 1 aliphatic heterocycles. The number of amides is 1. The first-order chi connectivity index (χ1) is 15.5. The molecule has 0 saturated heterocycles. The second-order valence-corrected chi connectivity index (χ2v) is 8.45. The van der Waals surface area contributed by atoms with Gasteiger partial charge in [-0.1, -0.05) is 19.1 Å². The lowest BCUT2D eigenvalue weighted by atomic mass is 10.0. The van der Waals surface area contributed by atoms with E-state index in [4.69, 9.17) is 0 Å². The zero-order valence-corrected chi connectivity index (χ0v) is 18.6. The van der Waals surface area contributed by atoms with Crippen molar-refractivity contribution in [3.63, 3.8) is 0 Å². The molecule has 1 aromatic carbocycles. The van der Waals surface area contributed by atoms with Crippen molar-refractivity contribution in [2.24, 2.45) is 7.05 Å². The van der Waals surface area contributed by atoms with Crippen LogP contribution < -0.4 is 5.56 Å². The molecular weight excluding hydrogens is 400 g/mol. The maximum absolute atomic E-state index is 12.9. The molecule has 6 heteroatoms. The maximum Gasteiger partial charge on any atom is 0.255 e. The van der Waals surface area contributed by atoms with Crippen molar-refractivity contribution in [2.75, 3.05) is 6.54 Å². The Balaban J connectivity index is 1.53. The molecule has 0 N–H and O–H groups in total. The van der Waals surface area contributed by atoms with Crippen molar-refractivity contribution in [2.45, 2.75) is 33.2 Å². The molecule has 6 nitrogen and oxygen atoms in total. The van der Waals surface area contributed by atoms with Crippen LogP contribution in [0, 0.1) is 6.92 Å². The summed E-state index contributed by atoms with van der Waals surface area (Å²) in [5, 5.41) is 1.15. The van der Waals surface area contributed by atoms with Crippen molar-refractivity contribution in [1.82, 2.24) is 19.0 Å². The summed E-state index contributed by atoms with van der Waals surface area (Å²) in [5.74, 6) is 0.194. The molecule has 0 fully saturated rings. The first-order valence-corrected chi connectivity index (χ1v) is 11.0. The van der Waals surface area contributed by atoms with Crippen LogP contribution in [0.15, 0.2) is 59.7 Å². The first-order valence-electron chi connectivity index (χ1n) is 11.0. The third kappa shape index (κ3) is 3.32. The lowest BCUT2D eigenvalue weighted by Gasteiger charge is -2.27. The summed E-state index contributed by atoms with van der Waals surface area (Å²) in [4.78, 5) is 31.5. The highest BCUT2D eigenvalue weighted by atomic mass is 16.2. The van der Waals surface area contributed by atoms with E-state index in [2.05, 4.69) is 28.7 Å². The van der Waals surface area contributed by atoms with Gasteiger partial charge in [-0.25, -0.2) is 0 Å². The monoisotopic (exact) mass is 426 g/mol. The van der Waals surface area contributed by atoms with Crippen LogP contribution in [-0.2, 0) is 24.8 Å². The molecule has 5 rings (SSSR count). The Hall–Kier alpha value is -3.67. The van der Waals surface area contributed by atoms with Gasteiger partial charge in [0.2, 0.25) is 5.91 Å². The van der Waals surface area contributed by atoms with Crippen LogP contribution in [0.3, 0.4) is 0 Å². The quantitative estimate of drug-likeness (QED) is 0.498. The van der Waals surface area contributed by atoms with Crippen LogP contribution in [0.4, 0.5) is 0 Å². The van der Waals surface area contributed by atoms with E-state index in [1.807, 2.05) is 49.2 Å². The minimum Gasteiger partial charge on any atom is -0.347 e. The highest BCUT2D eigenvalue weighted by Crippen LogP contribution is 2.31. The largest absolute Gasteiger partial charge is 0.347 e. The van der Waals surface area contributed by atoms with Gasteiger partial charge in [-0.3, -0.25) is 19.1 Å². The average molecular weight is 427 g/mol. The van der Waals surface area contributed by atoms with Crippen LogP contribution in [0.25, 0.3) is 27.8 Å². The number of aryl methyl sites for hydroxylation is 2. The molecule has 0 unspecified atom stereocenters. The Labute approximate surface area is 186 Å². The predicted octanol–water partition coefficient (Wildman–Crippen LogP) is 3.99. The number of carbonyl (C=O) groups excluding carboxylic acids is 1. The molecule has 32 heavy (non-hydrogen) atoms. The van der Waals surface area contributed by atoms with E-state index in [9.17, 15) is 9.59 Å². The molecule has 1 amide bonds. The van der Waals surface area contributed by atoms with Gasteiger partial charge in [-0.15, -0.1) is 0 Å².